The number of halogens is 2. The van der Waals surface area contributed by atoms with Crippen LogP contribution in [0, 0.1) is 11.6 Å². The summed E-state index contributed by atoms with van der Waals surface area (Å²) in [5.41, 5.74) is 0. The van der Waals surface area contributed by atoms with Crippen LogP contribution in [0.1, 0.15) is 13.3 Å². The second-order valence-electron chi connectivity index (χ2n) is 4.12. The first kappa shape index (κ1) is 16.0. The first-order valence-electron chi connectivity index (χ1n) is 5.92. The van der Waals surface area contributed by atoms with Crippen LogP contribution in [0.25, 0.3) is 0 Å². The Bertz CT molecular complexity index is 514. The summed E-state index contributed by atoms with van der Waals surface area (Å²) < 4.78 is 50.3. The lowest BCUT2D eigenvalue weighted by Crippen LogP contribution is -2.36. The Hall–Kier alpha value is -1.05. The monoisotopic (exact) mass is 293 g/mol. The molecule has 0 saturated heterocycles. The average Bonchev–Trinajstić information content (AvgIpc) is 2.28. The van der Waals surface area contributed by atoms with Crippen LogP contribution in [0.3, 0.4) is 0 Å². The van der Waals surface area contributed by atoms with Gasteiger partial charge >= 0.3 is 0 Å². The lowest BCUT2D eigenvalue weighted by atomic mass is 10.2. The Morgan fingerprint density at radius 2 is 2.05 bits per heavy atom. The minimum absolute atomic E-state index is 0.168. The van der Waals surface area contributed by atoms with Crippen molar-refractivity contribution in [1.82, 2.24) is 5.32 Å². The van der Waals surface area contributed by atoms with E-state index in [1.165, 1.54) is 0 Å². The van der Waals surface area contributed by atoms with Crippen molar-refractivity contribution < 1.29 is 22.3 Å². The molecule has 1 rings (SSSR count). The van der Waals surface area contributed by atoms with Crippen LogP contribution in [0.5, 0.6) is 0 Å². The van der Waals surface area contributed by atoms with Crippen molar-refractivity contribution in [2.75, 3.05) is 18.9 Å². The van der Waals surface area contributed by atoms with Gasteiger partial charge in [-0.1, -0.05) is 6.92 Å². The van der Waals surface area contributed by atoms with Crippen molar-refractivity contribution >= 4 is 9.84 Å². The number of sulfone groups is 1. The highest BCUT2D eigenvalue weighted by molar-refractivity contribution is 7.91. The fourth-order valence-corrected chi connectivity index (χ4v) is 3.40. The summed E-state index contributed by atoms with van der Waals surface area (Å²) in [5.74, 6) is -2.27. The molecule has 0 aliphatic carbocycles. The van der Waals surface area contributed by atoms with E-state index in [4.69, 9.17) is 5.11 Å². The van der Waals surface area contributed by atoms with Crippen LogP contribution in [0.15, 0.2) is 23.1 Å². The average molecular weight is 293 g/mol. The molecule has 0 aliphatic rings. The van der Waals surface area contributed by atoms with Crippen molar-refractivity contribution in [2.45, 2.75) is 24.3 Å². The minimum atomic E-state index is -3.87. The van der Waals surface area contributed by atoms with E-state index < -0.39 is 32.4 Å². The largest absolute Gasteiger partial charge is 0.396 e. The maximum atomic E-state index is 13.5. The Morgan fingerprint density at radius 1 is 1.37 bits per heavy atom. The van der Waals surface area contributed by atoms with E-state index in [9.17, 15) is 17.2 Å². The van der Waals surface area contributed by atoms with Crippen LogP contribution in [-0.4, -0.2) is 38.5 Å². The number of benzene rings is 1. The molecule has 1 aromatic rings. The second kappa shape index (κ2) is 6.93. The first-order chi connectivity index (χ1) is 8.90. The third-order valence-electron chi connectivity index (χ3n) is 2.62. The summed E-state index contributed by atoms with van der Waals surface area (Å²) in [7, 11) is -3.87. The highest BCUT2D eigenvalue weighted by Crippen LogP contribution is 2.18. The van der Waals surface area contributed by atoms with Gasteiger partial charge in [0.25, 0.3) is 0 Å². The van der Waals surface area contributed by atoms with Crippen molar-refractivity contribution in [2.24, 2.45) is 0 Å². The topological polar surface area (TPSA) is 66.4 Å². The predicted octanol–water partition coefficient (Wildman–Crippen LogP) is 1.10. The van der Waals surface area contributed by atoms with E-state index in [0.29, 0.717) is 12.6 Å². The molecule has 1 atom stereocenters. The van der Waals surface area contributed by atoms with Crippen LogP contribution in [0.4, 0.5) is 8.78 Å². The van der Waals surface area contributed by atoms with Gasteiger partial charge in [0, 0.05) is 18.7 Å². The first-order valence-corrected chi connectivity index (χ1v) is 7.58. The summed E-state index contributed by atoms with van der Waals surface area (Å²) in [5, 5.41) is 11.8. The number of aliphatic hydroxyl groups is 1. The summed E-state index contributed by atoms with van der Waals surface area (Å²) in [6, 6.07) is 1.90. The molecule has 2 N–H and O–H groups in total. The normalized spacial score (nSPS) is 13.5. The van der Waals surface area contributed by atoms with E-state index in [0.717, 1.165) is 12.1 Å². The maximum Gasteiger partial charge on any atom is 0.182 e. The molecular formula is C12H17F2NO3S. The Morgan fingerprint density at radius 3 is 2.58 bits per heavy atom. The van der Waals surface area contributed by atoms with Crippen molar-refractivity contribution in [3.8, 4) is 0 Å². The second-order valence-corrected chi connectivity index (χ2v) is 6.13. The number of rotatable bonds is 7. The predicted molar refractivity (Wildman–Crippen MR) is 67.6 cm³/mol. The van der Waals surface area contributed by atoms with Gasteiger partial charge in [-0.25, -0.2) is 17.2 Å². The molecule has 0 aromatic heterocycles. The molecule has 7 heteroatoms. The van der Waals surface area contributed by atoms with Gasteiger partial charge in [-0.05, 0) is 25.1 Å². The van der Waals surface area contributed by atoms with Crippen LogP contribution >= 0.6 is 0 Å². The Kier molecular flexibility index (Phi) is 5.84. The molecule has 0 aliphatic heterocycles. The van der Waals surface area contributed by atoms with Crippen molar-refractivity contribution in [3.63, 3.8) is 0 Å². The summed E-state index contributed by atoms with van der Waals surface area (Å²) in [4.78, 5) is -0.519. The maximum absolute atomic E-state index is 13.5. The molecule has 0 spiro atoms. The van der Waals surface area contributed by atoms with Gasteiger partial charge in [-0.15, -0.1) is 0 Å². The molecule has 4 nitrogen and oxygen atoms in total. The standard InChI is InChI=1S/C12H17F2NO3S/c1-2-15-10(5-6-16)8-19(17,18)12-4-3-9(13)7-11(12)14/h3-4,7,10,15-16H,2,5-6,8H2,1H3. The van der Waals surface area contributed by atoms with Gasteiger partial charge in [0.05, 0.1) is 5.75 Å². The zero-order valence-electron chi connectivity index (χ0n) is 10.6. The fourth-order valence-electron chi connectivity index (χ4n) is 1.77. The summed E-state index contributed by atoms with van der Waals surface area (Å²) >= 11 is 0. The van der Waals surface area contributed by atoms with Gasteiger partial charge in [-0.3, -0.25) is 0 Å². The molecule has 1 unspecified atom stereocenters. The van der Waals surface area contributed by atoms with Gasteiger partial charge in [-0.2, -0.15) is 0 Å². The molecule has 0 amide bonds. The van der Waals surface area contributed by atoms with E-state index in [1.807, 2.05) is 0 Å². The van der Waals surface area contributed by atoms with E-state index in [2.05, 4.69) is 5.32 Å². The van der Waals surface area contributed by atoms with Crippen LogP contribution in [-0.2, 0) is 9.84 Å². The van der Waals surface area contributed by atoms with Gasteiger partial charge in [0.15, 0.2) is 9.84 Å². The molecule has 19 heavy (non-hydrogen) atoms. The molecule has 0 heterocycles. The highest BCUT2D eigenvalue weighted by atomic mass is 32.2. The van der Waals surface area contributed by atoms with E-state index >= 15 is 0 Å². The lowest BCUT2D eigenvalue weighted by Gasteiger charge is -2.17. The van der Waals surface area contributed by atoms with Crippen molar-refractivity contribution in [1.29, 1.82) is 0 Å². The molecule has 0 saturated carbocycles. The molecular weight excluding hydrogens is 276 g/mol. The molecule has 0 fully saturated rings. The quantitative estimate of drug-likeness (QED) is 0.739. The SMILES string of the molecule is CCNC(CCO)CS(=O)(=O)c1ccc(F)cc1F. The van der Waals surface area contributed by atoms with Crippen LogP contribution in [0.2, 0.25) is 0 Å². The third kappa shape index (κ3) is 4.52. The Balaban J connectivity index is 2.96. The number of aliphatic hydroxyl groups excluding tert-OH is 1. The Labute approximate surface area is 111 Å². The molecule has 0 bridgehead atoms. The molecule has 0 radical (unpaired) electrons. The number of hydrogen-bond acceptors (Lipinski definition) is 4. The van der Waals surface area contributed by atoms with Crippen molar-refractivity contribution in [3.05, 3.63) is 29.8 Å². The third-order valence-corrected chi connectivity index (χ3v) is 4.46. The smallest absolute Gasteiger partial charge is 0.182 e. The van der Waals surface area contributed by atoms with Gasteiger partial charge in [0.2, 0.25) is 0 Å². The number of nitrogens with one attached hydrogen (secondary N) is 1. The zero-order chi connectivity index (χ0) is 14.5. The van der Waals surface area contributed by atoms with E-state index in [-0.39, 0.29) is 18.8 Å². The molecule has 108 valence electrons. The lowest BCUT2D eigenvalue weighted by molar-refractivity contribution is 0.270. The van der Waals surface area contributed by atoms with Gasteiger partial charge in [0.1, 0.15) is 16.5 Å². The minimum Gasteiger partial charge on any atom is -0.396 e. The number of hydrogen-bond donors (Lipinski definition) is 2. The summed E-state index contributed by atoms with van der Waals surface area (Å²) in [6.07, 6.45) is 0.246. The zero-order valence-corrected chi connectivity index (χ0v) is 11.4. The van der Waals surface area contributed by atoms with Gasteiger partial charge < -0.3 is 10.4 Å². The summed E-state index contributed by atoms with van der Waals surface area (Å²) in [6.45, 7) is 2.17. The van der Waals surface area contributed by atoms with E-state index in [1.54, 1.807) is 6.92 Å². The van der Waals surface area contributed by atoms with Crippen LogP contribution < -0.4 is 5.32 Å². The highest BCUT2D eigenvalue weighted by Gasteiger charge is 2.23. The molecule has 1 aromatic carbocycles. The fraction of sp³-hybridized carbons (Fsp3) is 0.500.